The molecule has 1 aliphatic rings. The van der Waals surface area contributed by atoms with Gasteiger partial charge in [-0.05, 0) is 51.4 Å². The van der Waals surface area contributed by atoms with Gasteiger partial charge in [-0.15, -0.1) is 24.0 Å². The molecule has 8 heteroatoms. The van der Waals surface area contributed by atoms with Gasteiger partial charge < -0.3 is 10.6 Å². The summed E-state index contributed by atoms with van der Waals surface area (Å²) in [4.78, 5) is 6.76. The minimum Gasteiger partial charge on any atom is -0.357 e. The van der Waals surface area contributed by atoms with Gasteiger partial charge in [-0.3, -0.25) is 4.90 Å². The Morgan fingerprint density at radius 1 is 1.31 bits per heavy atom. The first-order valence-electron chi connectivity index (χ1n) is 8.71. The molecule has 0 spiro atoms. The van der Waals surface area contributed by atoms with Crippen molar-refractivity contribution in [2.75, 3.05) is 20.1 Å². The second-order valence-electron chi connectivity index (χ2n) is 6.52. The molecule has 1 unspecified atom stereocenters. The van der Waals surface area contributed by atoms with Crippen molar-refractivity contribution < 1.29 is 13.2 Å². The van der Waals surface area contributed by atoms with E-state index in [0.717, 1.165) is 18.7 Å². The summed E-state index contributed by atoms with van der Waals surface area (Å²) in [5.74, 6) is 0.621. The molecule has 26 heavy (non-hydrogen) atoms. The van der Waals surface area contributed by atoms with Crippen LogP contribution in [0.4, 0.5) is 13.2 Å². The van der Waals surface area contributed by atoms with Crippen molar-refractivity contribution in [3.8, 4) is 0 Å². The number of hydrogen-bond acceptors (Lipinski definition) is 2. The van der Waals surface area contributed by atoms with Gasteiger partial charge in [-0.25, -0.2) is 4.99 Å². The maximum atomic E-state index is 12.8. The molecular weight excluding hydrogens is 456 g/mol. The highest BCUT2D eigenvalue weighted by atomic mass is 127. The van der Waals surface area contributed by atoms with E-state index in [9.17, 15) is 13.2 Å². The van der Waals surface area contributed by atoms with Crippen LogP contribution < -0.4 is 10.6 Å². The molecule has 0 aliphatic heterocycles. The molecule has 0 bridgehead atoms. The first-order valence-corrected chi connectivity index (χ1v) is 8.71. The van der Waals surface area contributed by atoms with Crippen LogP contribution >= 0.6 is 24.0 Å². The minimum atomic E-state index is -4.33. The second kappa shape index (κ2) is 10.3. The monoisotopic (exact) mass is 484 g/mol. The Labute approximate surface area is 170 Å². The molecule has 1 atom stereocenters. The quantitative estimate of drug-likeness (QED) is 0.351. The molecule has 0 amide bonds. The Kier molecular flexibility index (Phi) is 9.15. The van der Waals surface area contributed by atoms with Crippen LogP contribution in [0, 0.1) is 0 Å². The molecule has 1 saturated carbocycles. The van der Waals surface area contributed by atoms with E-state index in [2.05, 4.69) is 34.5 Å². The summed E-state index contributed by atoms with van der Waals surface area (Å²) in [5, 5.41) is 6.41. The van der Waals surface area contributed by atoms with E-state index < -0.39 is 11.7 Å². The Morgan fingerprint density at radius 3 is 2.58 bits per heavy atom. The third-order valence-corrected chi connectivity index (χ3v) is 4.40. The zero-order valence-corrected chi connectivity index (χ0v) is 17.8. The van der Waals surface area contributed by atoms with Gasteiger partial charge in [-0.2, -0.15) is 13.2 Å². The normalized spacial score (nSPS) is 16.2. The number of likely N-dealkylation sites (N-methyl/N-ethyl adjacent to an activating group) is 1. The van der Waals surface area contributed by atoms with Crippen molar-refractivity contribution >= 4 is 29.9 Å². The zero-order valence-electron chi connectivity index (χ0n) is 15.4. The van der Waals surface area contributed by atoms with Crippen molar-refractivity contribution in [2.45, 2.75) is 51.5 Å². The second-order valence-corrected chi connectivity index (χ2v) is 6.52. The minimum absolute atomic E-state index is 0. The number of nitrogens with zero attached hydrogens (tertiary/aromatic N) is 2. The third-order valence-electron chi connectivity index (χ3n) is 4.40. The summed E-state index contributed by atoms with van der Waals surface area (Å²) in [5.41, 5.74) is -0.104. The zero-order chi connectivity index (χ0) is 18.4. The lowest BCUT2D eigenvalue weighted by Gasteiger charge is -2.25. The lowest BCUT2D eigenvalue weighted by molar-refractivity contribution is -0.137. The van der Waals surface area contributed by atoms with Crippen LogP contribution in [0.15, 0.2) is 29.3 Å². The SMILES string of the molecule is CCNC(=NCc1cccc(C(F)(F)F)c1)NCC(C)N(C)C1CC1.I. The summed E-state index contributed by atoms with van der Waals surface area (Å²) in [6.07, 6.45) is -1.82. The van der Waals surface area contributed by atoms with E-state index in [1.807, 2.05) is 6.92 Å². The lowest BCUT2D eigenvalue weighted by Crippen LogP contribution is -2.45. The number of benzene rings is 1. The van der Waals surface area contributed by atoms with Crippen molar-refractivity contribution in [3.63, 3.8) is 0 Å². The van der Waals surface area contributed by atoms with E-state index in [0.29, 0.717) is 30.2 Å². The van der Waals surface area contributed by atoms with Crippen LogP contribution in [0.1, 0.15) is 37.8 Å². The Balaban J connectivity index is 0.00000338. The van der Waals surface area contributed by atoms with E-state index in [1.54, 1.807) is 6.07 Å². The number of aliphatic imine (C=N–C) groups is 1. The highest BCUT2D eigenvalue weighted by Crippen LogP contribution is 2.29. The highest BCUT2D eigenvalue weighted by molar-refractivity contribution is 14.0. The standard InChI is InChI=1S/C18H27F3N4.HI/c1-4-22-17(23-11-13(2)25(3)16-8-9-16)24-12-14-6-5-7-15(10-14)18(19,20)21;/h5-7,10,13,16H,4,8-9,11-12H2,1-3H3,(H2,22,23,24);1H. The van der Waals surface area contributed by atoms with E-state index in [-0.39, 0.29) is 30.5 Å². The van der Waals surface area contributed by atoms with Gasteiger partial charge in [-0.1, -0.05) is 12.1 Å². The molecule has 2 rings (SSSR count). The Morgan fingerprint density at radius 2 is 2.00 bits per heavy atom. The molecule has 1 aromatic carbocycles. The largest absolute Gasteiger partial charge is 0.416 e. The molecule has 1 fully saturated rings. The van der Waals surface area contributed by atoms with Gasteiger partial charge in [0.2, 0.25) is 0 Å². The predicted molar refractivity (Wildman–Crippen MR) is 110 cm³/mol. The average Bonchev–Trinajstić information content (AvgIpc) is 3.41. The van der Waals surface area contributed by atoms with Crippen LogP contribution in [0.2, 0.25) is 0 Å². The van der Waals surface area contributed by atoms with E-state index in [4.69, 9.17) is 0 Å². The molecule has 4 nitrogen and oxygen atoms in total. The number of halogens is 4. The van der Waals surface area contributed by atoms with Gasteiger partial charge in [0.25, 0.3) is 0 Å². The van der Waals surface area contributed by atoms with Crippen LogP contribution in [0.5, 0.6) is 0 Å². The molecule has 0 radical (unpaired) electrons. The number of rotatable bonds is 7. The number of nitrogens with one attached hydrogen (secondary N) is 2. The molecule has 148 valence electrons. The molecule has 0 aromatic heterocycles. The molecular formula is C18H28F3IN4. The summed E-state index contributed by atoms with van der Waals surface area (Å²) in [7, 11) is 2.12. The summed E-state index contributed by atoms with van der Waals surface area (Å²) < 4.78 is 38.3. The lowest BCUT2D eigenvalue weighted by atomic mass is 10.1. The van der Waals surface area contributed by atoms with Gasteiger partial charge in [0.1, 0.15) is 0 Å². The van der Waals surface area contributed by atoms with Gasteiger partial charge in [0.15, 0.2) is 5.96 Å². The Hall–Kier alpha value is -1.03. The third kappa shape index (κ3) is 7.30. The van der Waals surface area contributed by atoms with Crippen LogP contribution in [-0.4, -0.2) is 43.1 Å². The molecule has 2 N–H and O–H groups in total. The summed E-state index contributed by atoms with van der Waals surface area (Å²) >= 11 is 0. The molecule has 0 saturated heterocycles. The summed E-state index contributed by atoms with van der Waals surface area (Å²) in [6, 6.07) is 6.35. The van der Waals surface area contributed by atoms with Crippen molar-refractivity contribution in [1.82, 2.24) is 15.5 Å². The highest BCUT2D eigenvalue weighted by Gasteiger charge is 2.30. The smallest absolute Gasteiger partial charge is 0.357 e. The van der Waals surface area contributed by atoms with Crippen LogP contribution in [0.25, 0.3) is 0 Å². The van der Waals surface area contributed by atoms with Gasteiger partial charge in [0, 0.05) is 25.2 Å². The molecule has 1 aliphatic carbocycles. The molecule has 0 heterocycles. The fourth-order valence-electron chi connectivity index (χ4n) is 2.59. The number of guanidine groups is 1. The average molecular weight is 484 g/mol. The summed E-state index contributed by atoms with van der Waals surface area (Å²) in [6.45, 7) is 5.75. The van der Waals surface area contributed by atoms with E-state index >= 15 is 0 Å². The molecule has 1 aromatic rings. The predicted octanol–water partition coefficient (Wildman–Crippen LogP) is 3.86. The number of alkyl halides is 3. The fraction of sp³-hybridized carbons (Fsp3) is 0.611. The Bertz CT molecular complexity index is 588. The maximum Gasteiger partial charge on any atom is 0.416 e. The van der Waals surface area contributed by atoms with Gasteiger partial charge >= 0.3 is 6.18 Å². The van der Waals surface area contributed by atoms with Crippen LogP contribution in [-0.2, 0) is 12.7 Å². The maximum absolute atomic E-state index is 12.8. The van der Waals surface area contributed by atoms with Crippen molar-refractivity contribution in [2.24, 2.45) is 4.99 Å². The topological polar surface area (TPSA) is 39.7 Å². The number of hydrogen-bond donors (Lipinski definition) is 2. The first-order chi connectivity index (χ1) is 11.8. The first kappa shape index (κ1) is 23.0. The van der Waals surface area contributed by atoms with Crippen molar-refractivity contribution in [3.05, 3.63) is 35.4 Å². The van der Waals surface area contributed by atoms with Crippen molar-refractivity contribution in [1.29, 1.82) is 0 Å². The van der Waals surface area contributed by atoms with Crippen LogP contribution in [0.3, 0.4) is 0 Å². The van der Waals surface area contributed by atoms with Gasteiger partial charge in [0.05, 0.1) is 12.1 Å². The van der Waals surface area contributed by atoms with E-state index in [1.165, 1.54) is 18.9 Å². The fourth-order valence-corrected chi connectivity index (χ4v) is 2.59.